The normalized spacial score (nSPS) is 10.7. The monoisotopic (exact) mass is 424 g/mol. The number of hydrogen-bond donors (Lipinski definition) is 2. The fourth-order valence-corrected chi connectivity index (χ4v) is 3.73. The second-order valence-electron chi connectivity index (χ2n) is 7.46. The maximum atomic E-state index is 12.7. The second kappa shape index (κ2) is 9.83. The van der Waals surface area contributed by atoms with E-state index >= 15 is 0 Å². The molecule has 0 radical (unpaired) electrons. The van der Waals surface area contributed by atoms with E-state index in [-0.39, 0.29) is 18.2 Å². The Morgan fingerprint density at radius 3 is 2.41 bits per heavy atom. The van der Waals surface area contributed by atoms with Crippen molar-refractivity contribution in [2.75, 3.05) is 13.1 Å². The second-order valence-corrected chi connectivity index (χ2v) is 7.46. The highest BCUT2D eigenvalue weighted by atomic mass is 16.2. The van der Waals surface area contributed by atoms with Gasteiger partial charge in [0.2, 0.25) is 5.91 Å². The molecule has 0 saturated heterocycles. The number of nitrogens with zero attached hydrogens (tertiary/aromatic N) is 2. The summed E-state index contributed by atoms with van der Waals surface area (Å²) in [4.78, 5) is 33.5. The third-order valence-electron chi connectivity index (χ3n) is 5.26. The lowest BCUT2D eigenvalue weighted by Gasteiger charge is -2.16. The van der Waals surface area contributed by atoms with Gasteiger partial charge < -0.3 is 10.6 Å². The van der Waals surface area contributed by atoms with Crippen molar-refractivity contribution in [2.24, 2.45) is 0 Å². The first-order chi connectivity index (χ1) is 15.6. The zero-order valence-corrected chi connectivity index (χ0v) is 17.8. The Bertz CT molecular complexity index is 1240. The van der Waals surface area contributed by atoms with Gasteiger partial charge in [-0.05, 0) is 41.8 Å². The first-order valence-electron chi connectivity index (χ1n) is 10.5. The summed E-state index contributed by atoms with van der Waals surface area (Å²) in [5.41, 5.74) is 5.24. The summed E-state index contributed by atoms with van der Waals surface area (Å²) in [6.07, 6.45) is 3.34. The van der Waals surface area contributed by atoms with Gasteiger partial charge in [0.1, 0.15) is 0 Å². The predicted molar refractivity (Wildman–Crippen MR) is 125 cm³/mol. The number of carbonyl (C=O) groups excluding carboxylic acids is 2. The Morgan fingerprint density at radius 1 is 0.875 bits per heavy atom. The molecule has 160 valence electrons. The molecule has 0 aliphatic rings. The molecule has 6 nitrogen and oxygen atoms in total. The lowest BCUT2D eigenvalue weighted by molar-refractivity contribution is -0.120. The van der Waals surface area contributed by atoms with Crippen LogP contribution < -0.4 is 10.6 Å². The van der Waals surface area contributed by atoms with Crippen LogP contribution in [0.3, 0.4) is 0 Å². The summed E-state index contributed by atoms with van der Waals surface area (Å²) in [6, 6.07) is 21.5. The Kier molecular flexibility index (Phi) is 6.51. The van der Waals surface area contributed by atoms with Crippen LogP contribution in [0.4, 0.5) is 0 Å². The third-order valence-corrected chi connectivity index (χ3v) is 5.26. The van der Waals surface area contributed by atoms with E-state index in [4.69, 9.17) is 4.98 Å². The van der Waals surface area contributed by atoms with Crippen LogP contribution in [0, 0.1) is 6.92 Å². The summed E-state index contributed by atoms with van der Waals surface area (Å²) >= 11 is 0. The van der Waals surface area contributed by atoms with Gasteiger partial charge in [-0.25, -0.2) is 0 Å². The molecule has 2 heterocycles. The Labute approximate surface area is 186 Å². The number of para-hydroxylation sites is 1. The molecule has 2 amide bonds. The lowest BCUT2D eigenvalue weighted by Crippen LogP contribution is -2.35. The van der Waals surface area contributed by atoms with Crippen LogP contribution in [-0.2, 0) is 11.2 Å². The molecule has 0 aliphatic heterocycles. The quantitative estimate of drug-likeness (QED) is 0.443. The Hall–Kier alpha value is -4.06. The molecule has 0 spiro atoms. The van der Waals surface area contributed by atoms with Gasteiger partial charge in [0.05, 0.1) is 17.5 Å². The van der Waals surface area contributed by atoms with Crippen LogP contribution in [-0.4, -0.2) is 34.9 Å². The lowest BCUT2D eigenvalue weighted by atomic mass is 9.92. The number of hydrogen-bond acceptors (Lipinski definition) is 4. The van der Waals surface area contributed by atoms with Crippen molar-refractivity contribution in [1.29, 1.82) is 0 Å². The molecule has 2 aromatic carbocycles. The third kappa shape index (κ3) is 4.81. The molecule has 0 fully saturated rings. The predicted octanol–water partition coefficient (Wildman–Crippen LogP) is 3.69. The largest absolute Gasteiger partial charge is 0.354 e. The van der Waals surface area contributed by atoms with Gasteiger partial charge in [-0.3, -0.25) is 19.6 Å². The van der Waals surface area contributed by atoms with Crippen molar-refractivity contribution in [3.63, 3.8) is 0 Å². The zero-order chi connectivity index (χ0) is 22.3. The van der Waals surface area contributed by atoms with E-state index in [1.54, 1.807) is 18.3 Å². The maximum Gasteiger partial charge on any atom is 0.252 e. The minimum absolute atomic E-state index is 0.113. The number of rotatable bonds is 7. The van der Waals surface area contributed by atoms with Gasteiger partial charge in [0, 0.05) is 36.6 Å². The highest BCUT2D eigenvalue weighted by Gasteiger charge is 2.17. The van der Waals surface area contributed by atoms with Crippen molar-refractivity contribution < 1.29 is 9.59 Å². The standard InChI is InChI=1S/C26H24N4O2/c1-18-22(16-24(31)28-14-15-29-26(32)20-10-7-13-27-17-20)25(19-8-3-2-4-9-19)21-11-5-6-12-23(21)30-18/h2-13,17H,14-16H2,1H3,(H,28,31)(H,29,32). The molecular formula is C26H24N4O2. The van der Waals surface area contributed by atoms with Gasteiger partial charge >= 0.3 is 0 Å². The first kappa shape index (κ1) is 21.2. The number of carbonyl (C=O) groups is 2. The summed E-state index contributed by atoms with van der Waals surface area (Å²) in [7, 11) is 0. The summed E-state index contributed by atoms with van der Waals surface area (Å²) in [6.45, 7) is 2.61. The van der Waals surface area contributed by atoms with E-state index < -0.39 is 0 Å². The SMILES string of the molecule is Cc1nc2ccccc2c(-c2ccccc2)c1CC(=O)NCCNC(=O)c1cccnc1. The van der Waals surface area contributed by atoms with Gasteiger partial charge in [0.25, 0.3) is 5.91 Å². The zero-order valence-electron chi connectivity index (χ0n) is 17.8. The Morgan fingerprint density at radius 2 is 1.62 bits per heavy atom. The summed E-state index contributed by atoms with van der Waals surface area (Å²) in [5.74, 6) is -0.328. The van der Waals surface area contributed by atoms with E-state index in [2.05, 4.69) is 27.8 Å². The van der Waals surface area contributed by atoms with Crippen LogP contribution in [0.1, 0.15) is 21.6 Å². The van der Waals surface area contributed by atoms with Gasteiger partial charge in [-0.2, -0.15) is 0 Å². The maximum absolute atomic E-state index is 12.7. The topological polar surface area (TPSA) is 84.0 Å². The first-order valence-corrected chi connectivity index (χ1v) is 10.5. The van der Waals surface area contributed by atoms with Crippen molar-refractivity contribution in [3.05, 3.63) is 95.9 Å². The molecule has 0 atom stereocenters. The smallest absolute Gasteiger partial charge is 0.252 e. The number of amides is 2. The number of pyridine rings is 2. The number of benzene rings is 2. The van der Waals surface area contributed by atoms with Crippen molar-refractivity contribution >= 4 is 22.7 Å². The van der Waals surface area contributed by atoms with E-state index in [1.807, 2.05) is 49.4 Å². The van der Waals surface area contributed by atoms with Crippen LogP contribution >= 0.6 is 0 Å². The minimum Gasteiger partial charge on any atom is -0.354 e. The van der Waals surface area contributed by atoms with Crippen LogP contribution in [0.25, 0.3) is 22.0 Å². The molecule has 32 heavy (non-hydrogen) atoms. The molecule has 2 aromatic heterocycles. The molecular weight excluding hydrogens is 400 g/mol. The Balaban J connectivity index is 1.47. The summed E-state index contributed by atoms with van der Waals surface area (Å²) < 4.78 is 0. The van der Waals surface area contributed by atoms with E-state index in [0.717, 1.165) is 33.3 Å². The van der Waals surface area contributed by atoms with Crippen molar-refractivity contribution in [2.45, 2.75) is 13.3 Å². The van der Waals surface area contributed by atoms with Crippen molar-refractivity contribution in [1.82, 2.24) is 20.6 Å². The highest BCUT2D eigenvalue weighted by Crippen LogP contribution is 2.33. The fraction of sp³-hybridized carbons (Fsp3) is 0.154. The fourth-order valence-electron chi connectivity index (χ4n) is 3.73. The number of fused-ring (bicyclic) bond motifs is 1. The van der Waals surface area contributed by atoms with Gasteiger partial charge in [-0.1, -0.05) is 48.5 Å². The molecule has 4 aromatic rings. The van der Waals surface area contributed by atoms with Crippen LogP contribution in [0.15, 0.2) is 79.1 Å². The average molecular weight is 425 g/mol. The molecule has 0 bridgehead atoms. The van der Waals surface area contributed by atoms with E-state index in [0.29, 0.717) is 18.7 Å². The minimum atomic E-state index is -0.215. The number of aromatic nitrogens is 2. The van der Waals surface area contributed by atoms with Crippen LogP contribution in [0.5, 0.6) is 0 Å². The van der Waals surface area contributed by atoms with Gasteiger partial charge in [-0.15, -0.1) is 0 Å². The van der Waals surface area contributed by atoms with Gasteiger partial charge in [0.15, 0.2) is 0 Å². The van der Waals surface area contributed by atoms with Crippen LogP contribution in [0.2, 0.25) is 0 Å². The molecule has 0 aliphatic carbocycles. The average Bonchev–Trinajstić information content (AvgIpc) is 2.83. The number of nitrogens with one attached hydrogen (secondary N) is 2. The molecule has 0 unspecified atom stereocenters. The molecule has 6 heteroatoms. The van der Waals surface area contributed by atoms with E-state index in [1.165, 1.54) is 6.20 Å². The number of aryl methyl sites for hydroxylation is 1. The van der Waals surface area contributed by atoms with E-state index in [9.17, 15) is 9.59 Å². The molecule has 0 saturated carbocycles. The highest BCUT2D eigenvalue weighted by molar-refractivity contribution is 5.98. The van der Waals surface area contributed by atoms with Crippen molar-refractivity contribution in [3.8, 4) is 11.1 Å². The summed E-state index contributed by atoms with van der Waals surface area (Å²) in [5, 5.41) is 6.70. The molecule has 4 rings (SSSR count). The molecule has 2 N–H and O–H groups in total.